The van der Waals surface area contributed by atoms with Crippen LogP contribution in [-0.2, 0) is 10.0 Å². The average molecular weight is 318 g/mol. The zero-order valence-electron chi connectivity index (χ0n) is 10.3. The number of sulfonamides is 1. The fourth-order valence-corrected chi connectivity index (χ4v) is 4.11. The molecule has 0 saturated carbocycles. The molecule has 1 aromatic heterocycles. The van der Waals surface area contributed by atoms with Gasteiger partial charge in [0.1, 0.15) is 9.96 Å². The number of rotatable bonds is 4. The maximum Gasteiger partial charge on any atom is 0.273 e. The SMILES string of the molecule is COc1ccc(Cl)cc1N(C)S(=O)(=O)c1cccs1. The van der Waals surface area contributed by atoms with Gasteiger partial charge < -0.3 is 4.74 Å². The standard InChI is InChI=1S/C12H12ClNO3S2/c1-14(19(15,16)12-4-3-7-18-12)10-8-9(13)5-6-11(10)17-2/h3-8H,1-2H3. The van der Waals surface area contributed by atoms with Crippen LogP contribution >= 0.6 is 22.9 Å². The summed E-state index contributed by atoms with van der Waals surface area (Å²) in [5, 5.41) is 2.17. The summed E-state index contributed by atoms with van der Waals surface area (Å²) in [6.07, 6.45) is 0. The Hall–Kier alpha value is -1.24. The topological polar surface area (TPSA) is 46.6 Å². The van der Waals surface area contributed by atoms with Crippen molar-refractivity contribution in [3.8, 4) is 5.75 Å². The Morgan fingerprint density at radius 1 is 1.32 bits per heavy atom. The van der Waals surface area contributed by atoms with Gasteiger partial charge in [-0.05, 0) is 29.6 Å². The van der Waals surface area contributed by atoms with E-state index in [1.54, 1.807) is 35.7 Å². The third-order valence-corrected chi connectivity index (χ3v) is 5.97. The monoisotopic (exact) mass is 317 g/mol. The van der Waals surface area contributed by atoms with E-state index in [0.717, 1.165) is 0 Å². The quantitative estimate of drug-likeness (QED) is 0.869. The number of ether oxygens (including phenoxy) is 1. The van der Waals surface area contributed by atoms with Crippen LogP contribution in [0.4, 0.5) is 5.69 Å². The minimum atomic E-state index is -3.58. The molecular formula is C12H12ClNO3S2. The second-order valence-corrected chi connectivity index (χ2v) is 7.30. The molecule has 7 heteroatoms. The second kappa shape index (κ2) is 5.40. The summed E-state index contributed by atoms with van der Waals surface area (Å²) in [5.74, 6) is 0.451. The van der Waals surface area contributed by atoms with Crippen LogP contribution in [0.2, 0.25) is 5.02 Å². The molecule has 0 N–H and O–H groups in total. The average Bonchev–Trinajstić information content (AvgIpc) is 2.92. The van der Waals surface area contributed by atoms with E-state index in [4.69, 9.17) is 16.3 Å². The lowest BCUT2D eigenvalue weighted by molar-refractivity contribution is 0.416. The summed E-state index contributed by atoms with van der Waals surface area (Å²) in [5.41, 5.74) is 0.406. The smallest absolute Gasteiger partial charge is 0.273 e. The largest absolute Gasteiger partial charge is 0.495 e. The molecule has 0 spiro atoms. The molecule has 0 fully saturated rings. The van der Waals surface area contributed by atoms with Crippen LogP contribution in [0.5, 0.6) is 5.75 Å². The summed E-state index contributed by atoms with van der Waals surface area (Å²) in [4.78, 5) is 0. The number of benzene rings is 1. The number of anilines is 1. The van der Waals surface area contributed by atoms with Crippen molar-refractivity contribution in [3.05, 3.63) is 40.7 Å². The van der Waals surface area contributed by atoms with Crippen molar-refractivity contribution < 1.29 is 13.2 Å². The number of halogens is 1. The Morgan fingerprint density at radius 2 is 2.05 bits per heavy atom. The first-order valence-corrected chi connectivity index (χ1v) is 8.02. The van der Waals surface area contributed by atoms with Gasteiger partial charge in [0.25, 0.3) is 10.0 Å². The van der Waals surface area contributed by atoms with Gasteiger partial charge in [-0.25, -0.2) is 8.42 Å². The highest BCUT2D eigenvalue weighted by Gasteiger charge is 2.24. The lowest BCUT2D eigenvalue weighted by atomic mass is 10.3. The van der Waals surface area contributed by atoms with Gasteiger partial charge in [0.15, 0.2) is 0 Å². The van der Waals surface area contributed by atoms with Gasteiger partial charge in [0.2, 0.25) is 0 Å². The Labute approximate surface area is 121 Å². The van der Waals surface area contributed by atoms with Crippen molar-refractivity contribution in [2.24, 2.45) is 0 Å². The Kier molecular flexibility index (Phi) is 4.03. The molecule has 102 valence electrons. The fourth-order valence-electron chi connectivity index (χ4n) is 1.58. The van der Waals surface area contributed by atoms with Crippen LogP contribution < -0.4 is 9.04 Å². The predicted molar refractivity (Wildman–Crippen MR) is 77.9 cm³/mol. The molecule has 0 unspecified atom stereocenters. The van der Waals surface area contributed by atoms with Gasteiger partial charge in [-0.3, -0.25) is 4.31 Å². The summed E-state index contributed by atoms with van der Waals surface area (Å²) in [6.45, 7) is 0. The molecule has 0 aliphatic carbocycles. The van der Waals surface area contributed by atoms with Crippen LogP contribution in [0.3, 0.4) is 0 Å². The van der Waals surface area contributed by atoms with Crippen LogP contribution in [0.25, 0.3) is 0 Å². The lowest BCUT2D eigenvalue weighted by Gasteiger charge is -2.21. The molecule has 0 bridgehead atoms. The number of methoxy groups -OCH3 is 1. The number of nitrogens with zero attached hydrogens (tertiary/aromatic N) is 1. The minimum absolute atomic E-state index is 0.275. The molecule has 1 aromatic carbocycles. The molecule has 0 amide bonds. The highest BCUT2D eigenvalue weighted by molar-refractivity contribution is 7.94. The molecule has 0 saturated heterocycles. The fraction of sp³-hybridized carbons (Fsp3) is 0.167. The van der Waals surface area contributed by atoms with Crippen molar-refractivity contribution >= 4 is 38.6 Å². The van der Waals surface area contributed by atoms with Crippen molar-refractivity contribution in [1.82, 2.24) is 0 Å². The minimum Gasteiger partial charge on any atom is -0.495 e. The molecule has 19 heavy (non-hydrogen) atoms. The first kappa shape index (κ1) is 14.2. The molecule has 2 rings (SSSR count). The summed E-state index contributed by atoms with van der Waals surface area (Å²) < 4.78 is 31.4. The van der Waals surface area contributed by atoms with Crippen molar-refractivity contribution in [2.75, 3.05) is 18.5 Å². The Morgan fingerprint density at radius 3 is 2.63 bits per heavy atom. The van der Waals surface area contributed by atoms with Crippen LogP contribution in [0, 0.1) is 0 Å². The molecular weight excluding hydrogens is 306 g/mol. The van der Waals surface area contributed by atoms with Crippen LogP contribution in [-0.4, -0.2) is 22.6 Å². The van der Waals surface area contributed by atoms with E-state index in [0.29, 0.717) is 16.5 Å². The van der Waals surface area contributed by atoms with Crippen LogP contribution in [0.15, 0.2) is 39.9 Å². The Bertz CT molecular complexity index is 668. The molecule has 0 radical (unpaired) electrons. The first-order valence-electron chi connectivity index (χ1n) is 5.33. The number of hydrogen-bond acceptors (Lipinski definition) is 4. The maximum atomic E-state index is 12.4. The highest BCUT2D eigenvalue weighted by atomic mass is 35.5. The predicted octanol–water partition coefficient (Wildman–Crippen LogP) is 3.24. The van der Waals surface area contributed by atoms with Gasteiger partial charge >= 0.3 is 0 Å². The molecule has 1 heterocycles. The van der Waals surface area contributed by atoms with Gasteiger partial charge in [0.05, 0.1) is 12.8 Å². The van der Waals surface area contributed by atoms with Gasteiger partial charge in [-0.2, -0.15) is 0 Å². The van der Waals surface area contributed by atoms with E-state index < -0.39 is 10.0 Å². The maximum absolute atomic E-state index is 12.4. The first-order chi connectivity index (χ1) is 8.96. The third-order valence-electron chi connectivity index (χ3n) is 2.59. The Balaban J connectivity index is 2.50. The van der Waals surface area contributed by atoms with E-state index in [9.17, 15) is 8.42 Å². The molecule has 0 aliphatic rings. The summed E-state index contributed by atoms with van der Waals surface area (Å²) in [7, 11) is -0.625. The van der Waals surface area contributed by atoms with E-state index in [-0.39, 0.29) is 4.21 Å². The van der Waals surface area contributed by atoms with Crippen molar-refractivity contribution in [3.63, 3.8) is 0 Å². The number of hydrogen-bond donors (Lipinski definition) is 0. The number of thiophene rings is 1. The van der Waals surface area contributed by atoms with Gasteiger partial charge in [0, 0.05) is 12.1 Å². The molecule has 4 nitrogen and oxygen atoms in total. The normalized spacial score (nSPS) is 11.3. The van der Waals surface area contributed by atoms with Gasteiger partial charge in [-0.1, -0.05) is 17.7 Å². The van der Waals surface area contributed by atoms with Crippen molar-refractivity contribution in [2.45, 2.75) is 4.21 Å². The summed E-state index contributed by atoms with van der Waals surface area (Å²) in [6, 6.07) is 8.10. The molecule has 0 atom stereocenters. The van der Waals surface area contributed by atoms with E-state index in [2.05, 4.69) is 0 Å². The summed E-state index contributed by atoms with van der Waals surface area (Å²) >= 11 is 7.09. The van der Waals surface area contributed by atoms with E-state index in [1.165, 1.54) is 29.8 Å². The van der Waals surface area contributed by atoms with E-state index in [1.807, 2.05) is 0 Å². The molecule has 2 aromatic rings. The lowest BCUT2D eigenvalue weighted by Crippen LogP contribution is -2.26. The van der Waals surface area contributed by atoms with Gasteiger partial charge in [-0.15, -0.1) is 11.3 Å². The van der Waals surface area contributed by atoms with E-state index >= 15 is 0 Å². The molecule has 0 aliphatic heterocycles. The zero-order chi connectivity index (χ0) is 14.0. The second-order valence-electron chi connectivity index (χ2n) is 3.72. The third kappa shape index (κ3) is 2.70. The van der Waals surface area contributed by atoms with Crippen LogP contribution in [0.1, 0.15) is 0 Å². The van der Waals surface area contributed by atoms with Crippen molar-refractivity contribution in [1.29, 1.82) is 0 Å². The highest BCUT2D eigenvalue weighted by Crippen LogP contribution is 2.34. The zero-order valence-corrected chi connectivity index (χ0v) is 12.7.